The molecule has 0 saturated heterocycles. The number of sulfonamides is 1. The number of nitrogens with zero attached hydrogens (tertiary/aromatic N) is 2. The summed E-state index contributed by atoms with van der Waals surface area (Å²) in [6, 6.07) is 27.5. The minimum absolute atomic E-state index is 0.0108. The fourth-order valence-corrected chi connectivity index (χ4v) is 6.85. The molecule has 0 spiro atoms. The van der Waals surface area contributed by atoms with Gasteiger partial charge in [0.2, 0.25) is 15.9 Å². The SMILES string of the molecule is O=C(NCCc1ccccc1)[C@H]1CN(C(=O)CN(Cc2ccc(Cl)cc2Cl)S(=O)(=O)c2ccc(Br)cc2)c2ccccc2O1. The molecule has 4 aromatic carbocycles. The summed E-state index contributed by atoms with van der Waals surface area (Å²) in [5, 5.41) is 3.55. The molecule has 0 aliphatic carbocycles. The predicted molar refractivity (Wildman–Crippen MR) is 175 cm³/mol. The van der Waals surface area contributed by atoms with Crippen molar-refractivity contribution in [3.8, 4) is 5.75 Å². The lowest BCUT2D eigenvalue weighted by Gasteiger charge is -2.35. The fourth-order valence-electron chi connectivity index (χ4n) is 4.75. The largest absolute Gasteiger partial charge is 0.477 e. The average molecular weight is 717 g/mol. The Balaban J connectivity index is 1.39. The maximum Gasteiger partial charge on any atom is 0.262 e. The van der Waals surface area contributed by atoms with Crippen LogP contribution in [0.4, 0.5) is 5.69 Å². The number of halogens is 3. The van der Waals surface area contributed by atoms with Crippen molar-refractivity contribution in [1.82, 2.24) is 9.62 Å². The van der Waals surface area contributed by atoms with Gasteiger partial charge in [-0.25, -0.2) is 8.42 Å². The highest BCUT2D eigenvalue weighted by Gasteiger charge is 2.36. The van der Waals surface area contributed by atoms with E-state index in [1.54, 1.807) is 48.5 Å². The van der Waals surface area contributed by atoms with Gasteiger partial charge in [-0.2, -0.15) is 4.31 Å². The van der Waals surface area contributed by atoms with E-state index in [-0.39, 0.29) is 28.9 Å². The van der Waals surface area contributed by atoms with Crippen molar-refractivity contribution in [2.75, 3.05) is 24.5 Å². The van der Waals surface area contributed by atoms with Crippen molar-refractivity contribution in [1.29, 1.82) is 0 Å². The van der Waals surface area contributed by atoms with E-state index >= 15 is 0 Å². The Morgan fingerprint density at radius 3 is 2.39 bits per heavy atom. The smallest absolute Gasteiger partial charge is 0.262 e. The molecular weight excluding hydrogens is 689 g/mol. The number of nitrogens with one attached hydrogen (secondary N) is 1. The number of hydrogen-bond acceptors (Lipinski definition) is 5. The van der Waals surface area contributed by atoms with Crippen LogP contribution in [0.3, 0.4) is 0 Å². The van der Waals surface area contributed by atoms with Gasteiger partial charge in [0.1, 0.15) is 5.75 Å². The van der Waals surface area contributed by atoms with Crippen LogP contribution in [0.2, 0.25) is 10.0 Å². The first-order valence-corrected chi connectivity index (χ1v) is 16.7. The number of benzene rings is 4. The molecule has 228 valence electrons. The van der Waals surface area contributed by atoms with Crippen LogP contribution in [0.25, 0.3) is 0 Å². The highest BCUT2D eigenvalue weighted by atomic mass is 79.9. The number of amides is 2. The maximum absolute atomic E-state index is 14.0. The number of carbonyl (C=O) groups is 2. The molecular formula is C32H28BrCl2N3O5S. The summed E-state index contributed by atoms with van der Waals surface area (Å²) in [5.74, 6) is -0.562. The fraction of sp³-hybridized carbons (Fsp3) is 0.188. The second kappa shape index (κ2) is 14.1. The molecule has 5 rings (SSSR count). The van der Waals surface area contributed by atoms with Crippen LogP contribution in [0, 0.1) is 0 Å². The molecule has 0 unspecified atom stereocenters. The molecule has 4 aromatic rings. The number of fused-ring (bicyclic) bond motifs is 1. The minimum Gasteiger partial charge on any atom is -0.477 e. The molecule has 2 amide bonds. The second-order valence-electron chi connectivity index (χ2n) is 10.1. The number of anilines is 1. The molecule has 1 atom stereocenters. The van der Waals surface area contributed by atoms with Gasteiger partial charge in [-0.3, -0.25) is 9.59 Å². The van der Waals surface area contributed by atoms with E-state index in [0.29, 0.717) is 39.5 Å². The Labute approximate surface area is 274 Å². The van der Waals surface area contributed by atoms with Gasteiger partial charge >= 0.3 is 0 Å². The summed E-state index contributed by atoms with van der Waals surface area (Å²) in [6.45, 7) is -0.413. The van der Waals surface area contributed by atoms with Crippen LogP contribution in [-0.2, 0) is 32.6 Å². The predicted octanol–water partition coefficient (Wildman–Crippen LogP) is 6.10. The van der Waals surface area contributed by atoms with E-state index in [2.05, 4.69) is 21.2 Å². The molecule has 12 heteroatoms. The zero-order valence-corrected chi connectivity index (χ0v) is 27.2. The third-order valence-electron chi connectivity index (χ3n) is 7.05. The van der Waals surface area contributed by atoms with E-state index in [9.17, 15) is 18.0 Å². The number of ether oxygens (including phenoxy) is 1. The van der Waals surface area contributed by atoms with Crippen molar-refractivity contribution in [2.45, 2.75) is 24.0 Å². The summed E-state index contributed by atoms with van der Waals surface area (Å²) in [4.78, 5) is 28.5. The number of para-hydroxylation sites is 2. The Kier molecular flexibility index (Phi) is 10.3. The Morgan fingerprint density at radius 1 is 0.955 bits per heavy atom. The lowest BCUT2D eigenvalue weighted by molar-refractivity contribution is -0.128. The average Bonchev–Trinajstić information content (AvgIpc) is 3.02. The van der Waals surface area contributed by atoms with Crippen LogP contribution >= 0.6 is 39.1 Å². The van der Waals surface area contributed by atoms with Crippen LogP contribution in [0.5, 0.6) is 5.75 Å². The molecule has 1 aliphatic heterocycles. The van der Waals surface area contributed by atoms with Gasteiger partial charge in [-0.1, -0.05) is 87.7 Å². The molecule has 1 heterocycles. The van der Waals surface area contributed by atoms with Crippen LogP contribution < -0.4 is 15.0 Å². The van der Waals surface area contributed by atoms with Gasteiger partial charge in [-0.15, -0.1) is 0 Å². The quantitative estimate of drug-likeness (QED) is 0.214. The molecule has 0 bridgehead atoms. The standard InChI is InChI=1S/C32H28BrCl2N3O5S/c33-24-11-14-26(15-12-24)44(41,42)37(19-23-10-13-25(34)18-27(23)35)21-31(39)38-20-30(43-29-9-5-4-8-28(29)38)32(40)36-17-16-22-6-2-1-3-7-22/h1-15,18,30H,16-17,19-21H2,(H,36,40)/t30-/m1/s1. The molecule has 0 radical (unpaired) electrons. The van der Waals surface area contributed by atoms with E-state index < -0.39 is 28.6 Å². The second-order valence-corrected chi connectivity index (χ2v) is 13.8. The molecule has 0 fully saturated rings. The van der Waals surface area contributed by atoms with Gasteiger partial charge in [0.05, 0.1) is 23.7 Å². The van der Waals surface area contributed by atoms with Crippen molar-refractivity contribution < 1.29 is 22.7 Å². The van der Waals surface area contributed by atoms with Crippen molar-refractivity contribution in [3.63, 3.8) is 0 Å². The third-order valence-corrected chi connectivity index (χ3v) is 9.97. The first kappa shape index (κ1) is 32.0. The summed E-state index contributed by atoms with van der Waals surface area (Å²) < 4.78 is 35.5. The first-order valence-electron chi connectivity index (χ1n) is 13.7. The van der Waals surface area contributed by atoms with Crippen molar-refractivity contribution >= 4 is 66.7 Å². The topological polar surface area (TPSA) is 96.0 Å². The highest BCUT2D eigenvalue weighted by Crippen LogP contribution is 2.34. The molecule has 8 nitrogen and oxygen atoms in total. The lowest BCUT2D eigenvalue weighted by atomic mass is 10.1. The molecule has 0 aromatic heterocycles. The zero-order valence-electron chi connectivity index (χ0n) is 23.3. The summed E-state index contributed by atoms with van der Waals surface area (Å²) in [7, 11) is -4.16. The lowest BCUT2D eigenvalue weighted by Crippen LogP contribution is -2.53. The highest BCUT2D eigenvalue weighted by molar-refractivity contribution is 9.10. The number of carbonyl (C=O) groups excluding carboxylic acids is 2. The summed E-state index contributed by atoms with van der Waals surface area (Å²) in [6.07, 6.45) is -0.360. The Bertz CT molecular complexity index is 1760. The summed E-state index contributed by atoms with van der Waals surface area (Å²) >= 11 is 15.8. The maximum atomic E-state index is 14.0. The number of hydrogen-bond donors (Lipinski definition) is 1. The number of rotatable bonds is 10. The monoisotopic (exact) mass is 715 g/mol. The minimum atomic E-state index is -4.16. The van der Waals surface area contributed by atoms with Crippen LogP contribution in [-0.4, -0.2) is 50.3 Å². The van der Waals surface area contributed by atoms with Crippen LogP contribution in [0.15, 0.2) is 106 Å². The molecule has 44 heavy (non-hydrogen) atoms. The van der Waals surface area contributed by atoms with Gasteiger partial charge < -0.3 is 15.0 Å². The van der Waals surface area contributed by atoms with E-state index in [1.165, 1.54) is 23.1 Å². The van der Waals surface area contributed by atoms with Crippen LogP contribution in [0.1, 0.15) is 11.1 Å². The first-order chi connectivity index (χ1) is 21.1. The Hall–Kier alpha value is -3.41. The molecule has 0 saturated carbocycles. The molecule has 1 aliphatic rings. The van der Waals surface area contributed by atoms with Crippen molar-refractivity contribution in [3.05, 3.63) is 123 Å². The van der Waals surface area contributed by atoms with Gasteiger partial charge in [0.15, 0.2) is 6.10 Å². The van der Waals surface area contributed by atoms with Crippen molar-refractivity contribution in [2.24, 2.45) is 0 Å². The van der Waals surface area contributed by atoms with Gasteiger partial charge in [0, 0.05) is 27.6 Å². The zero-order chi connectivity index (χ0) is 31.3. The Morgan fingerprint density at radius 2 is 1.66 bits per heavy atom. The normalized spacial score (nSPS) is 14.5. The van der Waals surface area contributed by atoms with E-state index in [1.807, 2.05) is 30.3 Å². The molecule has 1 N–H and O–H groups in total. The summed E-state index contributed by atoms with van der Waals surface area (Å²) in [5.41, 5.74) is 1.99. The van der Waals surface area contributed by atoms with Gasteiger partial charge in [-0.05, 0) is 66.1 Å². The third kappa shape index (κ3) is 7.62. The van der Waals surface area contributed by atoms with Gasteiger partial charge in [0.25, 0.3) is 5.91 Å². The van der Waals surface area contributed by atoms with E-state index in [0.717, 1.165) is 9.87 Å². The van der Waals surface area contributed by atoms with E-state index in [4.69, 9.17) is 27.9 Å².